The fourth-order valence-electron chi connectivity index (χ4n) is 3.11. The summed E-state index contributed by atoms with van der Waals surface area (Å²) in [6, 6.07) is 8.26. The molecule has 1 saturated carbocycles. The van der Waals surface area contributed by atoms with Gasteiger partial charge in [0.2, 0.25) is 0 Å². The number of amides is 1. The Hall–Kier alpha value is -1.51. The van der Waals surface area contributed by atoms with Gasteiger partial charge in [0, 0.05) is 25.3 Å². The second kappa shape index (κ2) is 7.48. The fourth-order valence-corrected chi connectivity index (χ4v) is 3.11. The molecule has 0 aliphatic heterocycles. The van der Waals surface area contributed by atoms with Crippen LogP contribution in [0.5, 0.6) is 0 Å². The molecule has 1 aromatic carbocycles. The third-order valence-corrected chi connectivity index (χ3v) is 4.40. The lowest BCUT2D eigenvalue weighted by Gasteiger charge is -2.30. The number of hydrogen-bond donors (Lipinski definition) is 1. The van der Waals surface area contributed by atoms with Crippen molar-refractivity contribution in [2.75, 3.05) is 18.9 Å². The van der Waals surface area contributed by atoms with Crippen LogP contribution in [0.2, 0.25) is 0 Å². The minimum Gasteiger partial charge on any atom is -0.387 e. The van der Waals surface area contributed by atoms with Crippen LogP contribution >= 0.6 is 0 Å². The molecule has 0 saturated heterocycles. The largest absolute Gasteiger partial charge is 0.387 e. The molecule has 1 aromatic rings. The van der Waals surface area contributed by atoms with E-state index in [1.807, 2.05) is 31.3 Å². The molecule has 0 aromatic heterocycles. The quantitative estimate of drug-likeness (QED) is 0.852. The first-order chi connectivity index (χ1) is 10.1. The normalized spacial score (nSPS) is 15.4. The molecule has 0 spiro atoms. The Morgan fingerprint density at radius 2 is 1.95 bits per heavy atom. The van der Waals surface area contributed by atoms with Gasteiger partial charge in [-0.2, -0.15) is 0 Å². The molecule has 0 heterocycles. The Kier molecular flexibility index (Phi) is 5.66. The van der Waals surface area contributed by atoms with E-state index in [0.717, 1.165) is 37.1 Å². The van der Waals surface area contributed by atoms with E-state index >= 15 is 0 Å². The highest BCUT2D eigenvalue weighted by Crippen LogP contribution is 2.27. The summed E-state index contributed by atoms with van der Waals surface area (Å²) in [6.07, 6.45) is 5.90. The maximum Gasteiger partial charge on any atom is 0.256 e. The monoisotopic (exact) mass is 288 g/mol. The van der Waals surface area contributed by atoms with E-state index in [0.29, 0.717) is 12.0 Å². The highest BCUT2D eigenvalue weighted by molar-refractivity contribution is 5.99. The van der Waals surface area contributed by atoms with Crippen molar-refractivity contribution in [3.63, 3.8) is 0 Å². The first-order valence-electron chi connectivity index (χ1n) is 8.21. The molecular weight excluding hydrogens is 260 g/mol. The molecule has 0 bridgehead atoms. The van der Waals surface area contributed by atoms with Crippen molar-refractivity contribution in [1.82, 2.24) is 4.90 Å². The number of rotatable bonds is 6. The molecule has 1 N–H and O–H groups in total. The second-order valence-corrected chi connectivity index (χ2v) is 6.41. The summed E-state index contributed by atoms with van der Waals surface area (Å²) in [6.45, 7) is 5.32. The molecule has 3 heteroatoms. The smallest absolute Gasteiger partial charge is 0.256 e. The third kappa shape index (κ3) is 3.99. The average molecular weight is 288 g/mol. The molecule has 1 amide bonds. The lowest BCUT2D eigenvalue weighted by Crippen LogP contribution is -2.40. The Bertz CT molecular complexity index is 464. The lowest BCUT2D eigenvalue weighted by atomic mass is 10.1. The number of carbonyl (C=O) groups excluding carboxylic acids is 1. The van der Waals surface area contributed by atoms with Gasteiger partial charge in [-0.15, -0.1) is 0 Å². The molecular formula is C18H28N2O. The predicted octanol–water partition coefficient (Wildman–Crippen LogP) is 4.16. The van der Waals surface area contributed by atoms with Crippen molar-refractivity contribution in [2.24, 2.45) is 5.92 Å². The first-order valence-corrected chi connectivity index (χ1v) is 8.21. The molecule has 21 heavy (non-hydrogen) atoms. The van der Waals surface area contributed by atoms with Crippen LogP contribution in [0.15, 0.2) is 24.3 Å². The summed E-state index contributed by atoms with van der Waals surface area (Å²) >= 11 is 0. The van der Waals surface area contributed by atoms with Crippen molar-refractivity contribution in [2.45, 2.75) is 52.0 Å². The molecule has 3 nitrogen and oxygen atoms in total. The van der Waals surface area contributed by atoms with E-state index in [-0.39, 0.29) is 5.91 Å². The zero-order valence-electron chi connectivity index (χ0n) is 13.6. The summed E-state index contributed by atoms with van der Waals surface area (Å²) in [5.74, 6) is 0.814. The van der Waals surface area contributed by atoms with E-state index in [1.165, 1.54) is 12.8 Å². The molecule has 0 radical (unpaired) electrons. The van der Waals surface area contributed by atoms with Crippen LogP contribution in [0.1, 0.15) is 56.3 Å². The van der Waals surface area contributed by atoms with Crippen LogP contribution in [0.25, 0.3) is 0 Å². The molecule has 0 unspecified atom stereocenters. The van der Waals surface area contributed by atoms with Gasteiger partial charge in [0.1, 0.15) is 0 Å². The second-order valence-electron chi connectivity index (χ2n) is 6.41. The predicted molar refractivity (Wildman–Crippen MR) is 88.7 cm³/mol. The van der Waals surface area contributed by atoms with Crippen LogP contribution in [0.4, 0.5) is 5.69 Å². The topological polar surface area (TPSA) is 32.3 Å². The number of carbonyl (C=O) groups is 1. The van der Waals surface area contributed by atoms with Crippen LogP contribution < -0.4 is 5.32 Å². The first kappa shape index (κ1) is 15.9. The highest BCUT2D eigenvalue weighted by Gasteiger charge is 2.28. The van der Waals surface area contributed by atoms with Crippen molar-refractivity contribution in [1.29, 1.82) is 0 Å². The van der Waals surface area contributed by atoms with Crippen LogP contribution in [0, 0.1) is 5.92 Å². The molecule has 1 aliphatic rings. The summed E-state index contributed by atoms with van der Waals surface area (Å²) in [7, 11) is 1.88. The minimum atomic E-state index is 0.188. The number of benzene rings is 1. The summed E-state index contributed by atoms with van der Waals surface area (Å²) < 4.78 is 0. The van der Waals surface area contributed by atoms with Crippen molar-refractivity contribution in [3.05, 3.63) is 29.8 Å². The van der Waals surface area contributed by atoms with Crippen LogP contribution in [0.3, 0.4) is 0 Å². The summed E-state index contributed by atoms with van der Waals surface area (Å²) in [4.78, 5) is 15.1. The molecule has 0 atom stereocenters. The minimum absolute atomic E-state index is 0.188. The zero-order valence-corrected chi connectivity index (χ0v) is 13.6. The van der Waals surface area contributed by atoms with E-state index in [2.05, 4.69) is 24.1 Å². The van der Waals surface area contributed by atoms with Crippen molar-refractivity contribution < 1.29 is 4.79 Å². The summed E-state index contributed by atoms with van der Waals surface area (Å²) in [5.41, 5.74) is 1.73. The Labute approximate surface area is 128 Å². The number of para-hydroxylation sites is 1. The Morgan fingerprint density at radius 3 is 2.57 bits per heavy atom. The third-order valence-electron chi connectivity index (χ3n) is 4.40. The molecule has 1 aliphatic carbocycles. The number of anilines is 1. The van der Waals surface area contributed by atoms with Crippen LogP contribution in [-0.2, 0) is 0 Å². The average Bonchev–Trinajstić information content (AvgIpc) is 3.01. The van der Waals surface area contributed by atoms with E-state index in [9.17, 15) is 4.79 Å². The van der Waals surface area contributed by atoms with E-state index in [1.54, 1.807) is 0 Å². The molecule has 1 fully saturated rings. The zero-order chi connectivity index (χ0) is 15.2. The lowest BCUT2D eigenvalue weighted by molar-refractivity contribution is 0.0673. The van der Waals surface area contributed by atoms with Gasteiger partial charge in [-0.3, -0.25) is 4.79 Å². The Balaban J connectivity index is 2.20. The number of nitrogens with one attached hydrogen (secondary N) is 1. The standard InChI is InChI=1S/C18H28N2O/c1-14(2)12-13-20(15-8-4-5-9-15)18(21)16-10-6-7-11-17(16)19-3/h6-7,10-11,14-15,19H,4-5,8-9,12-13H2,1-3H3. The van der Waals surface area contributed by atoms with E-state index in [4.69, 9.17) is 0 Å². The highest BCUT2D eigenvalue weighted by atomic mass is 16.2. The van der Waals surface area contributed by atoms with Gasteiger partial charge in [0.05, 0.1) is 5.56 Å². The maximum atomic E-state index is 13.0. The van der Waals surface area contributed by atoms with Gasteiger partial charge >= 0.3 is 0 Å². The number of hydrogen-bond acceptors (Lipinski definition) is 2. The summed E-state index contributed by atoms with van der Waals surface area (Å²) in [5, 5.41) is 3.14. The van der Waals surface area contributed by atoms with Crippen LogP contribution in [-0.4, -0.2) is 30.4 Å². The molecule has 116 valence electrons. The SMILES string of the molecule is CNc1ccccc1C(=O)N(CCC(C)C)C1CCCC1. The van der Waals surface area contributed by atoms with Gasteiger partial charge in [0.25, 0.3) is 5.91 Å². The fraction of sp³-hybridized carbons (Fsp3) is 0.611. The van der Waals surface area contributed by atoms with Gasteiger partial charge in [-0.05, 0) is 37.3 Å². The Morgan fingerprint density at radius 1 is 1.29 bits per heavy atom. The van der Waals surface area contributed by atoms with Crippen molar-refractivity contribution >= 4 is 11.6 Å². The van der Waals surface area contributed by atoms with Gasteiger partial charge in [-0.1, -0.05) is 38.8 Å². The number of nitrogens with zero attached hydrogens (tertiary/aromatic N) is 1. The van der Waals surface area contributed by atoms with Crippen molar-refractivity contribution in [3.8, 4) is 0 Å². The molecule has 2 rings (SSSR count). The van der Waals surface area contributed by atoms with Gasteiger partial charge < -0.3 is 10.2 Å². The van der Waals surface area contributed by atoms with Gasteiger partial charge in [0.15, 0.2) is 0 Å². The van der Waals surface area contributed by atoms with E-state index < -0.39 is 0 Å². The van der Waals surface area contributed by atoms with Gasteiger partial charge in [-0.25, -0.2) is 0 Å². The maximum absolute atomic E-state index is 13.0.